The minimum atomic E-state index is -1.55. The predicted octanol–water partition coefficient (Wildman–Crippen LogP) is 1.07. The predicted molar refractivity (Wildman–Crippen MR) is 24.5 cm³/mol. The molecule has 0 aliphatic heterocycles. The van der Waals surface area contributed by atoms with Crippen molar-refractivity contribution in [2.45, 2.75) is 25.6 Å². The van der Waals surface area contributed by atoms with E-state index in [1.807, 2.05) is 0 Å². The highest BCUT2D eigenvalue weighted by Crippen LogP contribution is 2.29. The van der Waals surface area contributed by atoms with E-state index in [0.29, 0.717) is 0 Å². The van der Waals surface area contributed by atoms with Crippen LogP contribution in [0.25, 0.3) is 0 Å². The Bertz CT molecular complexity index is 59.1. The van der Waals surface area contributed by atoms with Gasteiger partial charge in [-0.2, -0.15) is 0 Å². The number of halogens is 1. The van der Waals surface area contributed by atoms with E-state index in [9.17, 15) is 4.39 Å². The van der Waals surface area contributed by atoms with Crippen LogP contribution in [-0.4, -0.2) is 11.5 Å². The van der Waals surface area contributed by atoms with Crippen LogP contribution in [0.4, 0.5) is 4.39 Å². The molecule has 0 bridgehead atoms. The highest BCUT2D eigenvalue weighted by molar-refractivity contribution is 4.70. The Morgan fingerprint density at radius 3 is 2.14 bits per heavy atom. The van der Waals surface area contributed by atoms with Gasteiger partial charge in [-0.05, 0) is 12.8 Å². The number of hydrogen-bond acceptors (Lipinski definition) is 1. The molecule has 1 atom stereocenters. The first-order valence-corrected chi connectivity index (χ1v) is 2.63. The fourth-order valence-electron chi connectivity index (χ4n) is 0.715. The van der Waals surface area contributed by atoms with Crippen molar-refractivity contribution < 1.29 is 9.50 Å². The van der Waals surface area contributed by atoms with Gasteiger partial charge in [-0.3, -0.25) is 0 Å². The van der Waals surface area contributed by atoms with Crippen molar-refractivity contribution in [1.29, 1.82) is 0 Å². The lowest BCUT2D eigenvalue weighted by molar-refractivity contribution is -0.0406. The van der Waals surface area contributed by atoms with Crippen molar-refractivity contribution in [1.82, 2.24) is 0 Å². The summed E-state index contributed by atoms with van der Waals surface area (Å²) in [6, 6.07) is 0. The van der Waals surface area contributed by atoms with Crippen LogP contribution in [0.3, 0.4) is 0 Å². The van der Waals surface area contributed by atoms with Gasteiger partial charge in [0.15, 0.2) is 6.36 Å². The molecule has 1 fully saturated rings. The SMILES string of the molecule is OC(F)C1CCC1. The molecule has 1 saturated carbocycles. The summed E-state index contributed by atoms with van der Waals surface area (Å²) in [5.41, 5.74) is 0. The molecule has 1 aliphatic carbocycles. The fourth-order valence-corrected chi connectivity index (χ4v) is 0.715. The van der Waals surface area contributed by atoms with E-state index in [1.54, 1.807) is 0 Å². The average molecular weight is 104 g/mol. The third kappa shape index (κ3) is 0.911. The first kappa shape index (κ1) is 5.04. The molecule has 0 saturated heterocycles. The molecule has 1 unspecified atom stereocenters. The van der Waals surface area contributed by atoms with Crippen LogP contribution >= 0.6 is 0 Å². The van der Waals surface area contributed by atoms with Gasteiger partial charge in [-0.25, -0.2) is 4.39 Å². The lowest BCUT2D eigenvalue weighted by atomic mass is 9.86. The lowest BCUT2D eigenvalue weighted by Crippen LogP contribution is -2.22. The second-order valence-corrected chi connectivity index (χ2v) is 2.06. The first-order valence-electron chi connectivity index (χ1n) is 2.63. The summed E-state index contributed by atoms with van der Waals surface area (Å²) < 4.78 is 11.7. The van der Waals surface area contributed by atoms with Crippen molar-refractivity contribution in [3.63, 3.8) is 0 Å². The van der Waals surface area contributed by atoms with Gasteiger partial charge >= 0.3 is 0 Å². The van der Waals surface area contributed by atoms with Crippen molar-refractivity contribution in [2.75, 3.05) is 0 Å². The van der Waals surface area contributed by atoms with Gasteiger partial charge in [0.25, 0.3) is 0 Å². The molecule has 1 nitrogen and oxygen atoms in total. The zero-order chi connectivity index (χ0) is 5.28. The average Bonchev–Trinajstić information content (AvgIpc) is 1.23. The smallest absolute Gasteiger partial charge is 0.199 e. The van der Waals surface area contributed by atoms with Crippen LogP contribution in [0.1, 0.15) is 19.3 Å². The number of alkyl halides is 1. The minimum absolute atomic E-state index is 0.0278. The van der Waals surface area contributed by atoms with Crippen LogP contribution in [0.2, 0.25) is 0 Å². The van der Waals surface area contributed by atoms with Crippen LogP contribution < -0.4 is 0 Å². The van der Waals surface area contributed by atoms with Gasteiger partial charge in [-0.1, -0.05) is 6.42 Å². The van der Waals surface area contributed by atoms with Crippen molar-refractivity contribution in [3.8, 4) is 0 Å². The fraction of sp³-hybridized carbons (Fsp3) is 1.00. The normalized spacial score (nSPS) is 26.6. The van der Waals surface area contributed by atoms with E-state index in [4.69, 9.17) is 5.11 Å². The molecule has 1 N–H and O–H groups in total. The summed E-state index contributed by atoms with van der Waals surface area (Å²) in [4.78, 5) is 0. The molecule has 0 heterocycles. The van der Waals surface area contributed by atoms with Crippen LogP contribution in [0.15, 0.2) is 0 Å². The van der Waals surface area contributed by atoms with Gasteiger partial charge in [0, 0.05) is 5.92 Å². The molecule has 0 amide bonds. The summed E-state index contributed by atoms with van der Waals surface area (Å²) in [5, 5.41) is 8.21. The van der Waals surface area contributed by atoms with E-state index in [0.717, 1.165) is 19.3 Å². The van der Waals surface area contributed by atoms with Crippen molar-refractivity contribution >= 4 is 0 Å². The maximum Gasteiger partial charge on any atom is 0.199 e. The highest BCUT2D eigenvalue weighted by Gasteiger charge is 2.24. The van der Waals surface area contributed by atoms with Crippen molar-refractivity contribution in [3.05, 3.63) is 0 Å². The van der Waals surface area contributed by atoms with E-state index in [1.165, 1.54) is 0 Å². The zero-order valence-electron chi connectivity index (χ0n) is 4.10. The summed E-state index contributed by atoms with van der Waals surface area (Å²) in [6.45, 7) is 0. The zero-order valence-corrected chi connectivity index (χ0v) is 4.10. The Labute approximate surface area is 42.2 Å². The van der Waals surface area contributed by atoms with E-state index >= 15 is 0 Å². The summed E-state index contributed by atoms with van der Waals surface area (Å²) in [5.74, 6) is -0.0278. The maximum absolute atomic E-state index is 11.7. The Balaban J connectivity index is 2.14. The molecule has 2 heteroatoms. The topological polar surface area (TPSA) is 20.2 Å². The first-order chi connectivity index (χ1) is 3.30. The second kappa shape index (κ2) is 1.78. The van der Waals surface area contributed by atoms with E-state index in [-0.39, 0.29) is 5.92 Å². The quantitative estimate of drug-likeness (QED) is 0.527. The van der Waals surface area contributed by atoms with Gasteiger partial charge in [0.1, 0.15) is 0 Å². The van der Waals surface area contributed by atoms with Crippen LogP contribution in [-0.2, 0) is 0 Å². The Morgan fingerprint density at radius 2 is 2.14 bits per heavy atom. The lowest BCUT2D eigenvalue weighted by Gasteiger charge is -2.24. The molecule has 0 spiro atoms. The monoisotopic (exact) mass is 104 g/mol. The van der Waals surface area contributed by atoms with Gasteiger partial charge in [0.2, 0.25) is 0 Å². The van der Waals surface area contributed by atoms with Crippen LogP contribution in [0, 0.1) is 5.92 Å². The third-order valence-electron chi connectivity index (χ3n) is 1.54. The van der Waals surface area contributed by atoms with Crippen molar-refractivity contribution in [2.24, 2.45) is 5.92 Å². The van der Waals surface area contributed by atoms with E-state index in [2.05, 4.69) is 0 Å². The number of aliphatic hydroxyl groups excluding tert-OH is 1. The molecule has 1 aliphatic rings. The molecule has 0 aromatic rings. The molecule has 0 radical (unpaired) electrons. The van der Waals surface area contributed by atoms with Gasteiger partial charge < -0.3 is 5.11 Å². The minimum Gasteiger partial charge on any atom is -0.364 e. The Kier molecular flexibility index (Phi) is 1.28. The Morgan fingerprint density at radius 1 is 1.57 bits per heavy atom. The molecule has 0 aromatic carbocycles. The molecule has 1 rings (SSSR count). The summed E-state index contributed by atoms with van der Waals surface area (Å²) >= 11 is 0. The Hall–Kier alpha value is -0.110. The third-order valence-corrected chi connectivity index (χ3v) is 1.54. The summed E-state index contributed by atoms with van der Waals surface area (Å²) in [7, 11) is 0. The van der Waals surface area contributed by atoms with E-state index < -0.39 is 6.36 Å². The largest absolute Gasteiger partial charge is 0.364 e. The van der Waals surface area contributed by atoms with Gasteiger partial charge in [0.05, 0.1) is 0 Å². The summed E-state index contributed by atoms with van der Waals surface area (Å²) in [6.07, 6.45) is 1.29. The molecule has 7 heavy (non-hydrogen) atoms. The highest BCUT2D eigenvalue weighted by atomic mass is 19.1. The number of rotatable bonds is 1. The van der Waals surface area contributed by atoms with Gasteiger partial charge in [-0.15, -0.1) is 0 Å². The molecular weight excluding hydrogens is 95.1 g/mol. The molecule has 42 valence electrons. The van der Waals surface area contributed by atoms with Crippen LogP contribution in [0.5, 0.6) is 0 Å². The molecule has 0 aromatic heterocycles. The standard InChI is InChI=1S/C5H9FO/c6-5(7)4-2-1-3-4/h4-5,7H,1-3H2. The number of aliphatic hydroxyl groups is 1. The second-order valence-electron chi connectivity index (χ2n) is 2.06. The number of hydrogen-bond donors (Lipinski definition) is 1. The molecular formula is C5H9FO. The maximum atomic E-state index is 11.7.